The second-order valence-electron chi connectivity index (χ2n) is 3.11. The summed E-state index contributed by atoms with van der Waals surface area (Å²) in [6, 6.07) is 3.44. The maximum Gasteiger partial charge on any atom is 0.283 e. The Labute approximate surface area is 91.1 Å². The predicted octanol–water partition coefficient (Wildman–Crippen LogP) is 3.40. The highest BCUT2D eigenvalue weighted by Gasteiger charge is 2.14. The van der Waals surface area contributed by atoms with Gasteiger partial charge in [0.1, 0.15) is 5.82 Å². The van der Waals surface area contributed by atoms with Gasteiger partial charge in [-0.1, -0.05) is 12.2 Å². The van der Waals surface area contributed by atoms with Crippen LogP contribution in [0.2, 0.25) is 0 Å². The van der Waals surface area contributed by atoms with Crippen LogP contribution in [-0.4, -0.2) is 10.7 Å². The summed E-state index contributed by atoms with van der Waals surface area (Å²) in [6.45, 7) is 5.50. The standard InChI is InChI=1S/C10H10FNO2S/c1-7(2)6-15-10-5-8(11)3-4-9(10)12(13)14/h3-5H,1,6H2,2H3. The molecule has 0 radical (unpaired) electrons. The monoisotopic (exact) mass is 227 g/mol. The van der Waals surface area contributed by atoms with Crippen LogP contribution in [0.5, 0.6) is 0 Å². The quantitative estimate of drug-likeness (QED) is 0.342. The van der Waals surface area contributed by atoms with Crippen LogP contribution in [0.3, 0.4) is 0 Å². The van der Waals surface area contributed by atoms with Gasteiger partial charge in [-0.15, -0.1) is 11.8 Å². The van der Waals surface area contributed by atoms with Crippen LogP contribution in [0.25, 0.3) is 0 Å². The summed E-state index contributed by atoms with van der Waals surface area (Å²) in [5.74, 6) is 0.0782. The summed E-state index contributed by atoms with van der Waals surface area (Å²) < 4.78 is 12.9. The van der Waals surface area contributed by atoms with E-state index in [-0.39, 0.29) is 5.69 Å². The number of rotatable bonds is 4. The summed E-state index contributed by atoms with van der Waals surface area (Å²) in [6.07, 6.45) is 0. The van der Waals surface area contributed by atoms with Gasteiger partial charge in [0.25, 0.3) is 5.69 Å². The minimum absolute atomic E-state index is 0.0670. The lowest BCUT2D eigenvalue weighted by atomic mass is 10.3. The van der Waals surface area contributed by atoms with E-state index < -0.39 is 10.7 Å². The van der Waals surface area contributed by atoms with E-state index in [4.69, 9.17) is 0 Å². The Morgan fingerprint density at radius 3 is 2.87 bits per heavy atom. The maximum absolute atomic E-state index is 12.9. The first-order chi connectivity index (χ1) is 7.00. The topological polar surface area (TPSA) is 43.1 Å². The first kappa shape index (κ1) is 11.7. The molecule has 0 N–H and O–H groups in total. The molecule has 5 heteroatoms. The Bertz CT molecular complexity index is 406. The summed E-state index contributed by atoms with van der Waals surface area (Å²) in [4.78, 5) is 10.4. The fraction of sp³-hybridized carbons (Fsp3) is 0.200. The van der Waals surface area contributed by atoms with Crippen molar-refractivity contribution in [2.45, 2.75) is 11.8 Å². The summed E-state index contributed by atoms with van der Waals surface area (Å²) in [7, 11) is 0. The molecule has 0 unspecified atom stereocenters. The van der Waals surface area contributed by atoms with Crippen molar-refractivity contribution in [3.63, 3.8) is 0 Å². The van der Waals surface area contributed by atoms with Crippen molar-refractivity contribution in [3.05, 3.63) is 46.3 Å². The lowest BCUT2D eigenvalue weighted by molar-refractivity contribution is -0.387. The SMILES string of the molecule is C=C(C)CSc1cc(F)ccc1[N+](=O)[O-]. The Morgan fingerprint density at radius 2 is 2.33 bits per heavy atom. The third-order valence-corrected chi connectivity index (χ3v) is 2.87. The summed E-state index contributed by atoms with van der Waals surface area (Å²) in [5.41, 5.74) is 0.821. The molecule has 1 rings (SSSR count). The molecule has 0 atom stereocenters. The van der Waals surface area contributed by atoms with Gasteiger partial charge in [-0.3, -0.25) is 10.1 Å². The largest absolute Gasteiger partial charge is 0.283 e. The molecule has 1 aromatic carbocycles. The molecule has 0 aromatic heterocycles. The third-order valence-electron chi connectivity index (χ3n) is 1.59. The number of nitro benzene ring substituents is 1. The molecule has 1 aromatic rings. The van der Waals surface area contributed by atoms with Crippen LogP contribution < -0.4 is 0 Å². The van der Waals surface area contributed by atoms with Gasteiger partial charge in [-0.2, -0.15) is 0 Å². The molecule has 15 heavy (non-hydrogen) atoms. The van der Waals surface area contributed by atoms with Crippen molar-refractivity contribution in [1.82, 2.24) is 0 Å². The van der Waals surface area contributed by atoms with Crippen LogP contribution in [-0.2, 0) is 0 Å². The van der Waals surface area contributed by atoms with E-state index in [1.807, 2.05) is 6.92 Å². The van der Waals surface area contributed by atoms with Crippen LogP contribution in [0, 0.1) is 15.9 Å². The average Bonchev–Trinajstić information content (AvgIpc) is 2.14. The first-order valence-corrected chi connectivity index (χ1v) is 5.20. The van der Waals surface area contributed by atoms with Gasteiger partial charge >= 0.3 is 0 Å². The minimum atomic E-state index is -0.514. The fourth-order valence-electron chi connectivity index (χ4n) is 0.955. The Balaban J connectivity index is 2.96. The molecule has 0 fully saturated rings. The van der Waals surface area contributed by atoms with Gasteiger partial charge in [-0.05, 0) is 19.1 Å². The molecule has 0 saturated heterocycles. The zero-order valence-electron chi connectivity index (χ0n) is 8.20. The average molecular weight is 227 g/mol. The van der Waals surface area contributed by atoms with E-state index in [1.54, 1.807) is 0 Å². The van der Waals surface area contributed by atoms with Crippen LogP contribution in [0.15, 0.2) is 35.2 Å². The number of benzene rings is 1. The van der Waals surface area contributed by atoms with Gasteiger partial charge in [0.05, 0.1) is 9.82 Å². The minimum Gasteiger partial charge on any atom is -0.258 e. The fourth-order valence-corrected chi connectivity index (χ4v) is 1.84. The molecule has 0 saturated carbocycles. The van der Waals surface area contributed by atoms with E-state index >= 15 is 0 Å². The van der Waals surface area contributed by atoms with Gasteiger partial charge in [0.2, 0.25) is 0 Å². The van der Waals surface area contributed by atoms with Gasteiger partial charge < -0.3 is 0 Å². The Kier molecular flexibility index (Phi) is 3.85. The predicted molar refractivity (Wildman–Crippen MR) is 58.6 cm³/mol. The number of hydrogen-bond donors (Lipinski definition) is 0. The van der Waals surface area contributed by atoms with Crippen molar-refractivity contribution in [2.24, 2.45) is 0 Å². The van der Waals surface area contributed by atoms with E-state index in [0.29, 0.717) is 10.6 Å². The van der Waals surface area contributed by atoms with Gasteiger partial charge in [-0.25, -0.2) is 4.39 Å². The van der Waals surface area contributed by atoms with Crippen LogP contribution in [0.1, 0.15) is 6.92 Å². The molecule has 0 aliphatic heterocycles. The van der Waals surface area contributed by atoms with Crippen LogP contribution in [0.4, 0.5) is 10.1 Å². The molecule has 0 amide bonds. The lowest BCUT2D eigenvalue weighted by Crippen LogP contribution is -1.92. The molecule has 0 aliphatic carbocycles. The zero-order valence-corrected chi connectivity index (χ0v) is 9.01. The number of hydrogen-bond acceptors (Lipinski definition) is 3. The summed E-state index contributed by atoms with van der Waals surface area (Å²) >= 11 is 1.22. The van der Waals surface area contributed by atoms with E-state index in [2.05, 4.69) is 6.58 Å². The lowest BCUT2D eigenvalue weighted by Gasteiger charge is -2.02. The number of nitro groups is 1. The second kappa shape index (κ2) is 4.93. The molecule has 0 aliphatic rings. The number of thioether (sulfide) groups is 1. The molecular weight excluding hydrogens is 217 g/mol. The normalized spacial score (nSPS) is 10.0. The number of nitrogens with zero attached hydrogens (tertiary/aromatic N) is 1. The second-order valence-corrected chi connectivity index (χ2v) is 4.13. The zero-order chi connectivity index (χ0) is 11.4. The van der Waals surface area contributed by atoms with Crippen molar-refractivity contribution in [2.75, 3.05) is 5.75 Å². The Hall–Kier alpha value is -1.36. The highest BCUT2D eigenvalue weighted by atomic mass is 32.2. The Morgan fingerprint density at radius 1 is 1.67 bits per heavy atom. The molecule has 80 valence electrons. The smallest absolute Gasteiger partial charge is 0.258 e. The van der Waals surface area contributed by atoms with Gasteiger partial charge in [0, 0.05) is 11.8 Å². The third kappa shape index (κ3) is 3.36. The number of halogens is 1. The van der Waals surface area contributed by atoms with Crippen molar-refractivity contribution in [3.8, 4) is 0 Å². The maximum atomic E-state index is 12.9. The van der Waals surface area contributed by atoms with Crippen LogP contribution >= 0.6 is 11.8 Å². The first-order valence-electron chi connectivity index (χ1n) is 4.22. The van der Waals surface area contributed by atoms with Crippen molar-refractivity contribution >= 4 is 17.4 Å². The highest BCUT2D eigenvalue weighted by Crippen LogP contribution is 2.30. The molecular formula is C10H10FNO2S. The molecule has 3 nitrogen and oxygen atoms in total. The van der Waals surface area contributed by atoms with E-state index in [9.17, 15) is 14.5 Å². The van der Waals surface area contributed by atoms with Gasteiger partial charge in [0.15, 0.2) is 0 Å². The van der Waals surface area contributed by atoms with Crippen molar-refractivity contribution in [1.29, 1.82) is 0 Å². The van der Waals surface area contributed by atoms with Crippen molar-refractivity contribution < 1.29 is 9.31 Å². The molecule has 0 bridgehead atoms. The molecule has 0 heterocycles. The summed E-state index contributed by atoms with van der Waals surface area (Å²) in [5, 5.41) is 10.6. The van der Waals surface area contributed by atoms with E-state index in [0.717, 1.165) is 11.6 Å². The molecule has 0 spiro atoms. The van der Waals surface area contributed by atoms with E-state index in [1.165, 1.54) is 23.9 Å². The highest BCUT2D eigenvalue weighted by molar-refractivity contribution is 7.99.